The van der Waals surface area contributed by atoms with E-state index in [2.05, 4.69) is 9.38 Å². The van der Waals surface area contributed by atoms with Gasteiger partial charge in [-0.3, -0.25) is 0 Å². The largest absolute Gasteiger partial charge is 0.591 e. The summed E-state index contributed by atoms with van der Waals surface area (Å²) in [4.78, 5) is 4.03. The van der Waals surface area contributed by atoms with Crippen LogP contribution in [0.1, 0.15) is 30.7 Å². The molecule has 0 aliphatic carbocycles. The predicted molar refractivity (Wildman–Crippen MR) is 87.8 cm³/mol. The van der Waals surface area contributed by atoms with Gasteiger partial charge in [-0.1, -0.05) is 24.3 Å². The Morgan fingerprint density at radius 2 is 2.26 bits per heavy atom. The van der Waals surface area contributed by atoms with Crippen molar-refractivity contribution in [1.82, 2.24) is 9.55 Å². The lowest BCUT2D eigenvalue weighted by Gasteiger charge is -2.11. The van der Waals surface area contributed by atoms with Gasteiger partial charge in [-0.25, -0.2) is 9.37 Å². The zero-order chi connectivity index (χ0) is 17.0. The number of benzene rings is 1. The highest BCUT2D eigenvalue weighted by Gasteiger charge is 2.18. The number of aromatic nitrogens is 2. The van der Waals surface area contributed by atoms with Crippen molar-refractivity contribution in [2.75, 3.05) is 5.75 Å². The maximum atomic E-state index is 13.9. The number of aryl methyl sites for hydroxylation is 1. The van der Waals surface area contributed by atoms with Crippen LogP contribution >= 0.6 is 0 Å². The molecule has 0 aliphatic heterocycles. The van der Waals surface area contributed by atoms with Crippen molar-refractivity contribution in [2.45, 2.75) is 13.8 Å². The van der Waals surface area contributed by atoms with Gasteiger partial charge >= 0.3 is 0 Å². The number of imidazole rings is 1. The van der Waals surface area contributed by atoms with E-state index in [9.17, 15) is 8.94 Å². The van der Waals surface area contributed by atoms with E-state index in [0.29, 0.717) is 22.7 Å². The van der Waals surface area contributed by atoms with Crippen LogP contribution in [0.4, 0.5) is 4.39 Å². The monoisotopic (exact) mass is 332 g/mol. The maximum Gasteiger partial charge on any atom is 0.147 e. The first-order valence-corrected chi connectivity index (χ1v) is 8.34. The molecular formula is C16H17FN4OS. The summed E-state index contributed by atoms with van der Waals surface area (Å²) in [5.41, 5.74) is 1.45. The first-order valence-electron chi connectivity index (χ1n) is 7.06. The SMILES string of the molecule is CC(C)C[S+]([O-])N=C(c1ccc(C#N)c(F)c1)c1cncn1C. The molecule has 0 radical (unpaired) electrons. The summed E-state index contributed by atoms with van der Waals surface area (Å²) in [6.07, 6.45) is 3.18. The second-order valence-electron chi connectivity index (χ2n) is 5.52. The minimum atomic E-state index is -1.43. The van der Waals surface area contributed by atoms with Gasteiger partial charge in [0, 0.05) is 18.5 Å². The van der Waals surface area contributed by atoms with Crippen LogP contribution < -0.4 is 0 Å². The van der Waals surface area contributed by atoms with Crippen LogP contribution in [0.2, 0.25) is 0 Å². The molecule has 0 aliphatic rings. The van der Waals surface area contributed by atoms with Gasteiger partial charge in [-0.15, -0.1) is 0 Å². The fourth-order valence-corrected chi connectivity index (χ4v) is 3.06. The highest BCUT2D eigenvalue weighted by molar-refractivity contribution is 7.90. The second kappa shape index (κ2) is 7.40. The summed E-state index contributed by atoms with van der Waals surface area (Å²) in [7, 11) is 1.78. The predicted octanol–water partition coefficient (Wildman–Crippen LogP) is 2.59. The standard InChI is InChI=1S/C16H17FN4OS/c1-11(2)9-23(22)20-16(15-8-19-10-21(15)3)12-4-5-13(7-18)14(17)6-12/h4-6,8,10-11H,9H2,1-3H3. The van der Waals surface area contributed by atoms with Crippen molar-refractivity contribution in [3.05, 3.63) is 53.4 Å². The Balaban J connectivity index is 2.50. The normalized spacial score (nSPS) is 13.2. The molecule has 1 unspecified atom stereocenters. The minimum Gasteiger partial charge on any atom is -0.591 e. The molecule has 5 nitrogen and oxygen atoms in total. The Bertz CT molecular complexity index is 764. The molecule has 1 aromatic carbocycles. The van der Waals surface area contributed by atoms with E-state index in [1.165, 1.54) is 12.1 Å². The van der Waals surface area contributed by atoms with Crippen LogP contribution in [0.5, 0.6) is 0 Å². The van der Waals surface area contributed by atoms with Crippen LogP contribution in [0, 0.1) is 23.1 Å². The summed E-state index contributed by atoms with van der Waals surface area (Å²) in [5, 5.41) is 8.84. The topological polar surface area (TPSA) is 77.0 Å². The van der Waals surface area contributed by atoms with Crippen molar-refractivity contribution in [3.8, 4) is 6.07 Å². The van der Waals surface area contributed by atoms with Gasteiger partial charge in [0.05, 0.1) is 35.1 Å². The first kappa shape index (κ1) is 17.2. The zero-order valence-electron chi connectivity index (χ0n) is 13.2. The lowest BCUT2D eigenvalue weighted by Crippen LogP contribution is -2.15. The molecular weight excluding hydrogens is 315 g/mol. The zero-order valence-corrected chi connectivity index (χ0v) is 14.0. The van der Waals surface area contributed by atoms with Gasteiger partial charge in [0.15, 0.2) is 0 Å². The molecule has 1 heterocycles. The number of hydrogen-bond donors (Lipinski definition) is 0. The number of nitriles is 1. The van der Waals surface area contributed by atoms with E-state index in [1.54, 1.807) is 36.3 Å². The molecule has 0 saturated heterocycles. The van der Waals surface area contributed by atoms with Crippen molar-refractivity contribution in [1.29, 1.82) is 5.26 Å². The summed E-state index contributed by atoms with van der Waals surface area (Å²) >= 11 is -1.43. The number of hydrogen-bond acceptors (Lipinski definition) is 4. The molecule has 120 valence electrons. The quantitative estimate of drug-likeness (QED) is 0.624. The van der Waals surface area contributed by atoms with Gasteiger partial charge in [-0.05, 0) is 12.1 Å². The summed E-state index contributed by atoms with van der Waals surface area (Å²) in [6, 6.07) is 6.00. The van der Waals surface area contributed by atoms with Gasteiger partial charge in [-0.2, -0.15) is 5.26 Å². The molecule has 7 heteroatoms. The van der Waals surface area contributed by atoms with E-state index < -0.39 is 17.2 Å². The third-order valence-electron chi connectivity index (χ3n) is 3.09. The average molecular weight is 332 g/mol. The summed E-state index contributed by atoms with van der Waals surface area (Å²) in [6.45, 7) is 3.91. The lowest BCUT2D eigenvalue weighted by atomic mass is 10.1. The molecule has 0 N–H and O–H groups in total. The summed E-state index contributed by atoms with van der Waals surface area (Å²) in [5.74, 6) is 0.0136. The van der Waals surface area contributed by atoms with Crippen LogP contribution in [-0.4, -0.2) is 25.6 Å². The van der Waals surface area contributed by atoms with Gasteiger partial charge in [0.25, 0.3) is 0 Å². The number of rotatable bonds is 5. The fourth-order valence-electron chi connectivity index (χ4n) is 2.01. The molecule has 23 heavy (non-hydrogen) atoms. The van der Waals surface area contributed by atoms with Crippen molar-refractivity contribution in [2.24, 2.45) is 17.4 Å². The Morgan fingerprint density at radius 3 is 2.78 bits per heavy atom. The Kier molecular flexibility index (Phi) is 5.53. The number of nitrogens with zero attached hydrogens (tertiary/aromatic N) is 4. The Morgan fingerprint density at radius 1 is 1.52 bits per heavy atom. The van der Waals surface area contributed by atoms with Crippen molar-refractivity contribution in [3.63, 3.8) is 0 Å². The molecule has 0 spiro atoms. The van der Waals surface area contributed by atoms with Gasteiger partial charge < -0.3 is 9.12 Å². The third-order valence-corrected chi connectivity index (χ3v) is 4.43. The molecule has 1 atom stereocenters. The smallest absolute Gasteiger partial charge is 0.147 e. The average Bonchev–Trinajstić information content (AvgIpc) is 2.90. The Hall–Kier alpha value is -2.17. The van der Waals surface area contributed by atoms with E-state index >= 15 is 0 Å². The first-order chi connectivity index (χ1) is 10.9. The van der Waals surface area contributed by atoms with Crippen molar-refractivity contribution < 1.29 is 8.94 Å². The van der Waals surface area contributed by atoms with E-state index in [-0.39, 0.29) is 11.5 Å². The molecule has 0 bridgehead atoms. The van der Waals surface area contributed by atoms with Crippen molar-refractivity contribution >= 4 is 17.1 Å². The molecule has 0 fully saturated rings. The molecule has 2 aromatic rings. The Labute approximate surface area is 137 Å². The molecule has 0 saturated carbocycles. The fraction of sp³-hybridized carbons (Fsp3) is 0.312. The highest BCUT2D eigenvalue weighted by atomic mass is 32.2. The van der Waals surface area contributed by atoms with Crippen LogP contribution in [0.3, 0.4) is 0 Å². The third kappa shape index (κ3) is 4.18. The molecule has 1 aromatic heterocycles. The minimum absolute atomic E-state index is 0.0404. The highest BCUT2D eigenvalue weighted by Crippen LogP contribution is 2.17. The van der Waals surface area contributed by atoms with Gasteiger partial charge in [0.1, 0.15) is 23.4 Å². The molecule has 2 rings (SSSR count). The van der Waals surface area contributed by atoms with Crippen LogP contribution in [0.25, 0.3) is 0 Å². The number of halogens is 1. The van der Waals surface area contributed by atoms with E-state index in [0.717, 1.165) is 0 Å². The summed E-state index contributed by atoms with van der Waals surface area (Å²) < 4.78 is 32.1. The molecule has 0 amide bonds. The second-order valence-corrected chi connectivity index (χ2v) is 6.68. The van der Waals surface area contributed by atoms with Crippen LogP contribution in [-0.2, 0) is 18.4 Å². The van der Waals surface area contributed by atoms with E-state index in [4.69, 9.17) is 5.26 Å². The maximum absolute atomic E-state index is 13.9. The van der Waals surface area contributed by atoms with Crippen LogP contribution in [0.15, 0.2) is 35.1 Å². The lowest BCUT2D eigenvalue weighted by molar-refractivity contribution is 0.583. The van der Waals surface area contributed by atoms with Gasteiger partial charge in [0.2, 0.25) is 0 Å². The van der Waals surface area contributed by atoms with E-state index in [1.807, 2.05) is 13.8 Å².